The standard InChI is InChI=1S/C18H34N2S/c1-2-21-17-10-9-16(13-17)20-12-6-11-19-18(14-20)15-7-4-3-5-8-15/h15-19H,2-14H2,1H3. The molecule has 0 spiro atoms. The first kappa shape index (κ1) is 16.1. The summed E-state index contributed by atoms with van der Waals surface area (Å²) in [6, 6.07) is 1.67. The van der Waals surface area contributed by atoms with Gasteiger partial charge in [-0.2, -0.15) is 11.8 Å². The van der Waals surface area contributed by atoms with Crippen LogP contribution >= 0.6 is 11.8 Å². The van der Waals surface area contributed by atoms with E-state index in [1.165, 1.54) is 83.2 Å². The van der Waals surface area contributed by atoms with E-state index in [1.54, 1.807) is 0 Å². The highest BCUT2D eigenvalue weighted by Gasteiger charge is 2.33. The molecule has 2 aliphatic carbocycles. The maximum Gasteiger partial charge on any atom is 0.0223 e. The number of hydrogen-bond donors (Lipinski definition) is 1. The van der Waals surface area contributed by atoms with E-state index in [0.29, 0.717) is 0 Å². The molecule has 1 aliphatic heterocycles. The molecule has 3 atom stereocenters. The van der Waals surface area contributed by atoms with Crippen LogP contribution in [0.2, 0.25) is 0 Å². The van der Waals surface area contributed by atoms with Crippen molar-refractivity contribution >= 4 is 11.8 Å². The van der Waals surface area contributed by atoms with Crippen LogP contribution in [-0.2, 0) is 0 Å². The van der Waals surface area contributed by atoms with Gasteiger partial charge < -0.3 is 5.32 Å². The molecule has 3 fully saturated rings. The third-order valence-electron chi connectivity index (χ3n) is 5.95. The van der Waals surface area contributed by atoms with E-state index in [1.807, 2.05) is 0 Å². The quantitative estimate of drug-likeness (QED) is 0.847. The zero-order valence-corrected chi connectivity index (χ0v) is 14.7. The highest BCUT2D eigenvalue weighted by atomic mass is 32.2. The monoisotopic (exact) mass is 310 g/mol. The van der Waals surface area contributed by atoms with Gasteiger partial charge in [-0.25, -0.2) is 0 Å². The zero-order valence-electron chi connectivity index (χ0n) is 13.9. The molecule has 0 aromatic rings. The summed E-state index contributed by atoms with van der Waals surface area (Å²) < 4.78 is 0. The molecule has 0 aromatic carbocycles. The van der Waals surface area contributed by atoms with E-state index in [9.17, 15) is 0 Å². The van der Waals surface area contributed by atoms with E-state index in [2.05, 4.69) is 28.9 Å². The Labute approximate surface area is 135 Å². The molecule has 21 heavy (non-hydrogen) atoms. The lowest BCUT2D eigenvalue weighted by Gasteiger charge is -2.35. The summed E-state index contributed by atoms with van der Waals surface area (Å²) in [6.07, 6.45) is 13.1. The van der Waals surface area contributed by atoms with E-state index >= 15 is 0 Å². The van der Waals surface area contributed by atoms with E-state index in [0.717, 1.165) is 23.3 Å². The number of rotatable bonds is 4. The van der Waals surface area contributed by atoms with Gasteiger partial charge in [0.15, 0.2) is 0 Å². The maximum atomic E-state index is 3.89. The van der Waals surface area contributed by atoms with Gasteiger partial charge in [0.05, 0.1) is 0 Å². The van der Waals surface area contributed by atoms with Crippen molar-refractivity contribution < 1.29 is 0 Å². The molecule has 3 aliphatic rings. The van der Waals surface area contributed by atoms with Crippen LogP contribution in [0.1, 0.15) is 64.7 Å². The fourth-order valence-corrected chi connectivity index (χ4v) is 5.93. The molecule has 1 N–H and O–H groups in total. The molecule has 2 nitrogen and oxygen atoms in total. The fraction of sp³-hybridized carbons (Fsp3) is 1.00. The minimum absolute atomic E-state index is 0.783. The highest BCUT2D eigenvalue weighted by Crippen LogP contribution is 2.34. The Morgan fingerprint density at radius 2 is 1.90 bits per heavy atom. The number of thioether (sulfide) groups is 1. The van der Waals surface area contributed by atoms with Gasteiger partial charge >= 0.3 is 0 Å². The van der Waals surface area contributed by atoms with Crippen molar-refractivity contribution in [2.75, 3.05) is 25.4 Å². The van der Waals surface area contributed by atoms with Gasteiger partial charge in [0.2, 0.25) is 0 Å². The summed E-state index contributed by atoms with van der Waals surface area (Å²) in [4.78, 5) is 2.87. The lowest BCUT2D eigenvalue weighted by molar-refractivity contribution is 0.163. The lowest BCUT2D eigenvalue weighted by Crippen LogP contribution is -2.46. The number of hydrogen-bond acceptors (Lipinski definition) is 3. The van der Waals surface area contributed by atoms with Crippen molar-refractivity contribution in [3.63, 3.8) is 0 Å². The average Bonchev–Trinajstić information content (AvgIpc) is 2.84. The van der Waals surface area contributed by atoms with Crippen LogP contribution in [0.3, 0.4) is 0 Å². The van der Waals surface area contributed by atoms with Gasteiger partial charge in [-0.3, -0.25) is 4.90 Å². The maximum absolute atomic E-state index is 3.89. The Hall–Kier alpha value is 0.270. The second kappa shape index (κ2) is 8.21. The Bertz CT molecular complexity index is 304. The van der Waals surface area contributed by atoms with Gasteiger partial charge in [0.1, 0.15) is 0 Å². The summed E-state index contributed by atoms with van der Waals surface area (Å²) in [6.45, 7) is 6.23. The Morgan fingerprint density at radius 3 is 2.71 bits per heavy atom. The van der Waals surface area contributed by atoms with Crippen LogP contribution in [0.5, 0.6) is 0 Å². The molecule has 3 rings (SSSR count). The SMILES string of the molecule is CCSC1CCC(N2CCCNC(C3CCCCC3)C2)C1. The van der Waals surface area contributed by atoms with Crippen LogP contribution < -0.4 is 5.32 Å². The summed E-state index contributed by atoms with van der Waals surface area (Å²) >= 11 is 2.20. The van der Waals surface area contributed by atoms with Crippen molar-refractivity contribution in [3.8, 4) is 0 Å². The lowest BCUT2D eigenvalue weighted by atomic mass is 9.83. The fourth-order valence-electron chi connectivity index (χ4n) is 4.80. The molecular weight excluding hydrogens is 276 g/mol. The molecule has 0 amide bonds. The van der Waals surface area contributed by atoms with Crippen molar-refractivity contribution in [2.24, 2.45) is 5.92 Å². The van der Waals surface area contributed by atoms with Crippen molar-refractivity contribution in [1.82, 2.24) is 10.2 Å². The molecule has 0 bridgehead atoms. The Kier molecular flexibility index (Phi) is 6.31. The van der Waals surface area contributed by atoms with Gasteiger partial charge in [-0.1, -0.05) is 26.2 Å². The van der Waals surface area contributed by atoms with Crippen molar-refractivity contribution in [3.05, 3.63) is 0 Å². The molecule has 122 valence electrons. The number of nitrogens with zero attached hydrogens (tertiary/aromatic N) is 1. The third-order valence-corrected chi connectivity index (χ3v) is 7.19. The van der Waals surface area contributed by atoms with Crippen LogP contribution in [0.4, 0.5) is 0 Å². The summed E-state index contributed by atoms with van der Waals surface area (Å²) in [5.74, 6) is 2.26. The molecule has 0 radical (unpaired) electrons. The minimum Gasteiger partial charge on any atom is -0.312 e. The minimum atomic E-state index is 0.783. The van der Waals surface area contributed by atoms with Crippen LogP contribution in [0.15, 0.2) is 0 Å². The van der Waals surface area contributed by atoms with E-state index in [-0.39, 0.29) is 0 Å². The molecule has 1 heterocycles. The molecule has 3 unspecified atom stereocenters. The van der Waals surface area contributed by atoms with Crippen LogP contribution in [-0.4, -0.2) is 47.6 Å². The smallest absolute Gasteiger partial charge is 0.0223 e. The largest absolute Gasteiger partial charge is 0.312 e. The summed E-state index contributed by atoms with van der Waals surface area (Å²) in [5, 5.41) is 4.84. The topological polar surface area (TPSA) is 15.3 Å². The predicted octanol–water partition coefficient (Wildman–Crippen LogP) is 3.90. The Morgan fingerprint density at radius 1 is 1.05 bits per heavy atom. The van der Waals surface area contributed by atoms with Gasteiger partial charge in [0.25, 0.3) is 0 Å². The van der Waals surface area contributed by atoms with E-state index < -0.39 is 0 Å². The van der Waals surface area contributed by atoms with Gasteiger partial charge in [-0.15, -0.1) is 0 Å². The van der Waals surface area contributed by atoms with Crippen molar-refractivity contribution in [1.29, 1.82) is 0 Å². The second-order valence-electron chi connectivity index (χ2n) is 7.35. The predicted molar refractivity (Wildman–Crippen MR) is 94.1 cm³/mol. The first-order chi connectivity index (χ1) is 10.4. The first-order valence-electron chi connectivity index (χ1n) is 9.46. The first-order valence-corrected chi connectivity index (χ1v) is 10.5. The summed E-state index contributed by atoms with van der Waals surface area (Å²) in [7, 11) is 0. The second-order valence-corrected chi connectivity index (χ2v) is 8.93. The number of nitrogens with one attached hydrogen (secondary N) is 1. The third kappa shape index (κ3) is 4.39. The molecule has 0 aromatic heterocycles. The van der Waals surface area contributed by atoms with Crippen LogP contribution in [0, 0.1) is 5.92 Å². The molecular formula is C18H34N2S. The molecule has 1 saturated heterocycles. The van der Waals surface area contributed by atoms with E-state index in [4.69, 9.17) is 0 Å². The van der Waals surface area contributed by atoms with Gasteiger partial charge in [-0.05, 0) is 63.3 Å². The van der Waals surface area contributed by atoms with Crippen LogP contribution in [0.25, 0.3) is 0 Å². The van der Waals surface area contributed by atoms with Crippen molar-refractivity contribution in [2.45, 2.75) is 82.0 Å². The highest BCUT2D eigenvalue weighted by molar-refractivity contribution is 7.99. The zero-order chi connectivity index (χ0) is 14.5. The summed E-state index contributed by atoms with van der Waals surface area (Å²) in [5.41, 5.74) is 0. The molecule has 3 heteroatoms. The normalized spacial score (nSPS) is 36.7. The van der Waals surface area contributed by atoms with Gasteiger partial charge in [0, 0.05) is 23.9 Å². The molecule has 2 saturated carbocycles. The average molecular weight is 311 g/mol. The Balaban J connectivity index is 1.54.